The smallest absolute Gasteiger partial charge is 0.302 e. The van der Waals surface area contributed by atoms with Crippen molar-refractivity contribution >= 4 is 5.97 Å². The monoisotopic (exact) mass is 117 g/mol. The third-order valence-electron chi connectivity index (χ3n) is 0.536. The van der Waals surface area contributed by atoms with Gasteiger partial charge >= 0.3 is 5.97 Å². The number of hydrogen-bond acceptors (Lipinski definition) is 3. The fourth-order valence-corrected chi connectivity index (χ4v) is 0.272. The molecule has 0 aromatic heterocycles. The number of aliphatic hydroxyl groups is 1. The number of ether oxygens (including phenoxy) is 1. The van der Waals surface area contributed by atoms with Crippen LogP contribution in [0.3, 0.4) is 0 Å². The van der Waals surface area contributed by atoms with E-state index in [4.69, 9.17) is 5.11 Å². The second-order valence-electron chi connectivity index (χ2n) is 1.41. The molecule has 0 saturated carbocycles. The highest BCUT2D eigenvalue weighted by Gasteiger charge is 2.00. The Bertz CT molecular complexity index is 79.7. The van der Waals surface area contributed by atoms with E-state index in [-0.39, 0.29) is 6.61 Å². The molecule has 0 aliphatic heterocycles. The summed E-state index contributed by atoms with van der Waals surface area (Å²) in [4.78, 5) is 10.0. The minimum atomic E-state index is -0.618. The number of carbonyl (C=O) groups excluding carboxylic acids is 1. The topological polar surface area (TPSA) is 46.5 Å². The van der Waals surface area contributed by atoms with E-state index in [2.05, 4.69) is 11.7 Å². The lowest BCUT2D eigenvalue weighted by molar-refractivity contribution is -0.145. The lowest BCUT2D eigenvalue weighted by Gasteiger charge is -2.05. The van der Waals surface area contributed by atoms with Gasteiger partial charge in [0.15, 0.2) is 0 Å². The Morgan fingerprint density at radius 1 is 2.00 bits per heavy atom. The van der Waals surface area contributed by atoms with Crippen LogP contribution in [0, 0.1) is 6.92 Å². The van der Waals surface area contributed by atoms with Gasteiger partial charge in [-0.1, -0.05) is 0 Å². The maximum Gasteiger partial charge on any atom is 0.302 e. The van der Waals surface area contributed by atoms with Gasteiger partial charge in [-0.25, -0.2) is 0 Å². The first kappa shape index (κ1) is 7.43. The van der Waals surface area contributed by atoms with E-state index in [0.29, 0.717) is 0 Å². The molecule has 0 spiro atoms. The SMILES string of the molecule is [CH2]C(CO)OC(C)=O. The van der Waals surface area contributed by atoms with Gasteiger partial charge in [-0.3, -0.25) is 4.79 Å². The molecule has 3 heteroatoms. The highest BCUT2D eigenvalue weighted by Crippen LogP contribution is 1.86. The predicted molar refractivity (Wildman–Crippen MR) is 28.0 cm³/mol. The number of hydrogen-bond donors (Lipinski definition) is 1. The molecule has 1 unspecified atom stereocenters. The van der Waals surface area contributed by atoms with Crippen LogP contribution >= 0.6 is 0 Å². The zero-order valence-electron chi connectivity index (χ0n) is 4.76. The average Bonchev–Trinajstić information content (AvgIpc) is 1.65. The van der Waals surface area contributed by atoms with Crippen LogP contribution in [0.2, 0.25) is 0 Å². The summed E-state index contributed by atoms with van der Waals surface area (Å²) in [7, 11) is 0. The quantitative estimate of drug-likeness (QED) is 0.507. The van der Waals surface area contributed by atoms with Gasteiger partial charge in [0.1, 0.15) is 6.10 Å². The first-order chi connectivity index (χ1) is 3.66. The van der Waals surface area contributed by atoms with Crippen LogP contribution in [0.5, 0.6) is 0 Å². The van der Waals surface area contributed by atoms with Crippen molar-refractivity contribution in [2.45, 2.75) is 13.0 Å². The number of rotatable bonds is 2. The van der Waals surface area contributed by atoms with E-state index in [1.807, 2.05) is 0 Å². The van der Waals surface area contributed by atoms with Gasteiger partial charge in [0, 0.05) is 6.92 Å². The van der Waals surface area contributed by atoms with Crippen LogP contribution in [0.15, 0.2) is 0 Å². The summed E-state index contributed by atoms with van der Waals surface area (Å²) in [6, 6.07) is 0. The minimum Gasteiger partial charge on any atom is -0.460 e. The average molecular weight is 117 g/mol. The Morgan fingerprint density at radius 3 is 2.62 bits per heavy atom. The zero-order chi connectivity index (χ0) is 6.57. The molecule has 0 amide bonds. The molecule has 1 atom stereocenters. The van der Waals surface area contributed by atoms with Crippen molar-refractivity contribution in [3.63, 3.8) is 0 Å². The third-order valence-corrected chi connectivity index (χ3v) is 0.536. The fourth-order valence-electron chi connectivity index (χ4n) is 0.272. The van der Waals surface area contributed by atoms with Crippen LogP contribution in [0.1, 0.15) is 6.92 Å². The minimum absolute atomic E-state index is 0.223. The Kier molecular flexibility index (Phi) is 3.19. The Labute approximate surface area is 48.3 Å². The summed E-state index contributed by atoms with van der Waals surface area (Å²) in [5.41, 5.74) is 0. The van der Waals surface area contributed by atoms with E-state index in [9.17, 15) is 4.79 Å². The van der Waals surface area contributed by atoms with Crippen LogP contribution in [-0.4, -0.2) is 23.8 Å². The molecule has 0 saturated heterocycles. The van der Waals surface area contributed by atoms with Gasteiger partial charge in [-0.15, -0.1) is 0 Å². The molecule has 1 N–H and O–H groups in total. The van der Waals surface area contributed by atoms with E-state index in [0.717, 1.165) is 0 Å². The van der Waals surface area contributed by atoms with Crippen molar-refractivity contribution in [2.24, 2.45) is 0 Å². The summed E-state index contributed by atoms with van der Waals surface area (Å²) in [6.45, 7) is 4.35. The van der Waals surface area contributed by atoms with E-state index < -0.39 is 12.1 Å². The lowest BCUT2D eigenvalue weighted by Crippen LogP contribution is -2.16. The summed E-state index contributed by atoms with van der Waals surface area (Å²) in [5.74, 6) is -0.418. The van der Waals surface area contributed by atoms with Crippen molar-refractivity contribution in [1.29, 1.82) is 0 Å². The predicted octanol–water partition coefficient (Wildman–Crippen LogP) is -0.256. The van der Waals surface area contributed by atoms with Gasteiger partial charge in [0.2, 0.25) is 0 Å². The van der Waals surface area contributed by atoms with Gasteiger partial charge in [0.05, 0.1) is 6.61 Å². The molecule has 47 valence electrons. The maximum atomic E-state index is 10.0. The highest BCUT2D eigenvalue weighted by atomic mass is 16.5. The summed E-state index contributed by atoms with van der Waals surface area (Å²) < 4.78 is 4.40. The molecule has 0 bridgehead atoms. The van der Waals surface area contributed by atoms with Crippen molar-refractivity contribution in [1.82, 2.24) is 0 Å². The summed E-state index contributed by atoms with van der Waals surface area (Å²) in [5, 5.41) is 8.24. The van der Waals surface area contributed by atoms with Crippen molar-refractivity contribution in [3.8, 4) is 0 Å². The van der Waals surface area contributed by atoms with Crippen LogP contribution < -0.4 is 0 Å². The summed E-state index contributed by atoms with van der Waals surface area (Å²) in [6.07, 6.45) is -0.618. The third kappa shape index (κ3) is 3.61. The first-order valence-corrected chi connectivity index (χ1v) is 2.28. The zero-order valence-corrected chi connectivity index (χ0v) is 4.76. The molecule has 0 fully saturated rings. The Hall–Kier alpha value is -0.570. The molecule has 0 aliphatic rings. The van der Waals surface area contributed by atoms with Crippen molar-refractivity contribution in [3.05, 3.63) is 6.92 Å². The second kappa shape index (κ2) is 3.43. The number of esters is 1. The normalized spacial score (nSPS) is 12.9. The molecule has 0 heterocycles. The van der Waals surface area contributed by atoms with Gasteiger partial charge in [-0.05, 0) is 6.92 Å². The Morgan fingerprint density at radius 2 is 2.50 bits per heavy atom. The van der Waals surface area contributed by atoms with E-state index in [1.54, 1.807) is 0 Å². The van der Waals surface area contributed by atoms with Crippen molar-refractivity contribution in [2.75, 3.05) is 6.61 Å². The molecular formula is C5H9O3. The second-order valence-corrected chi connectivity index (χ2v) is 1.41. The molecule has 0 aromatic rings. The Balaban J connectivity index is 3.24. The van der Waals surface area contributed by atoms with Gasteiger partial charge in [-0.2, -0.15) is 0 Å². The molecule has 0 rings (SSSR count). The lowest BCUT2D eigenvalue weighted by atomic mass is 10.4. The largest absolute Gasteiger partial charge is 0.460 e. The van der Waals surface area contributed by atoms with Gasteiger partial charge in [0.25, 0.3) is 0 Å². The standard InChI is InChI=1S/C5H9O3/c1-4(3-6)8-5(2)7/h4,6H,1,3H2,2H3. The van der Waals surface area contributed by atoms with E-state index >= 15 is 0 Å². The molecule has 3 nitrogen and oxygen atoms in total. The van der Waals surface area contributed by atoms with Gasteiger partial charge < -0.3 is 9.84 Å². The molecule has 1 radical (unpaired) electrons. The number of carbonyl (C=O) groups is 1. The molecule has 8 heavy (non-hydrogen) atoms. The highest BCUT2D eigenvalue weighted by molar-refractivity contribution is 5.66. The molecular weight excluding hydrogens is 108 g/mol. The number of aliphatic hydroxyl groups excluding tert-OH is 1. The van der Waals surface area contributed by atoms with Crippen LogP contribution in [0.4, 0.5) is 0 Å². The maximum absolute atomic E-state index is 10.0. The summed E-state index contributed by atoms with van der Waals surface area (Å²) >= 11 is 0. The van der Waals surface area contributed by atoms with Crippen molar-refractivity contribution < 1.29 is 14.6 Å². The van der Waals surface area contributed by atoms with Crippen LogP contribution in [0.25, 0.3) is 0 Å². The first-order valence-electron chi connectivity index (χ1n) is 2.28. The molecule has 0 aliphatic carbocycles. The fraction of sp³-hybridized carbons (Fsp3) is 0.600. The van der Waals surface area contributed by atoms with Crippen LogP contribution in [-0.2, 0) is 9.53 Å². The van der Waals surface area contributed by atoms with E-state index in [1.165, 1.54) is 6.92 Å². The molecule has 0 aromatic carbocycles.